The van der Waals surface area contributed by atoms with Gasteiger partial charge in [0.2, 0.25) is 0 Å². The van der Waals surface area contributed by atoms with Crippen LogP contribution in [-0.2, 0) is 0 Å². The molecule has 2 nitrogen and oxygen atoms in total. The normalized spacial score (nSPS) is 34.3. The van der Waals surface area contributed by atoms with E-state index in [1.807, 2.05) is 0 Å². The highest BCUT2D eigenvalue weighted by atomic mass is 16.3. The van der Waals surface area contributed by atoms with Gasteiger partial charge in [0.25, 0.3) is 0 Å². The number of nitrogens with one attached hydrogen (secondary N) is 1. The molecular weight excluding hydrogens is 270 g/mol. The summed E-state index contributed by atoms with van der Waals surface area (Å²) in [7, 11) is 0. The standard InChI is InChI=1S/C20H37NO/c1-3-5-6-7-16-8-10-17(11-9-16)18-12-14-19(15-13-18)21-20(22)4-2/h4,16-22H,2-3,5-15H2,1H3. The number of rotatable bonds is 8. The summed E-state index contributed by atoms with van der Waals surface area (Å²) in [4.78, 5) is 0. The van der Waals surface area contributed by atoms with E-state index >= 15 is 0 Å². The Balaban J connectivity index is 1.63. The lowest BCUT2D eigenvalue weighted by Gasteiger charge is -2.38. The zero-order chi connectivity index (χ0) is 15.8. The van der Waals surface area contributed by atoms with Crippen LogP contribution in [0.2, 0.25) is 0 Å². The number of hydrogen-bond acceptors (Lipinski definition) is 2. The molecule has 1 atom stereocenters. The minimum absolute atomic E-state index is 0.495. The summed E-state index contributed by atoms with van der Waals surface area (Å²) in [6.07, 6.45) is 17.9. The third-order valence-corrected chi connectivity index (χ3v) is 6.18. The van der Waals surface area contributed by atoms with E-state index in [0.29, 0.717) is 6.04 Å². The minimum Gasteiger partial charge on any atom is -0.375 e. The molecule has 0 radical (unpaired) electrons. The van der Waals surface area contributed by atoms with Gasteiger partial charge in [-0.1, -0.05) is 52.0 Å². The van der Waals surface area contributed by atoms with Crippen LogP contribution in [0.1, 0.15) is 84.0 Å². The van der Waals surface area contributed by atoms with Crippen molar-refractivity contribution >= 4 is 0 Å². The van der Waals surface area contributed by atoms with Crippen LogP contribution in [0.4, 0.5) is 0 Å². The molecule has 0 spiro atoms. The monoisotopic (exact) mass is 307 g/mol. The zero-order valence-electron chi connectivity index (χ0n) is 14.6. The Morgan fingerprint density at radius 3 is 2.14 bits per heavy atom. The van der Waals surface area contributed by atoms with Crippen LogP contribution in [0.5, 0.6) is 0 Å². The molecule has 0 heterocycles. The summed E-state index contributed by atoms with van der Waals surface area (Å²) in [5.41, 5.74) is 0. The van der Waals surface area contributed by atoms with Crippen molar-refractivity contribution < 1.29 is 5.11 Å². The van der Waals surface area contributed by atoms with Gasteiger partial charge in [-0.25, -0.2) is 0 Å². The van der Waals surface area contributed by atoms with Gasteiger partial charge >= 0.3 is 0 Å². The lowest BCUT2D eigenvalue weighted by molar-refractivity contribution is 0.119. The molecule has 2 N–H and O–H groups in total. The molecule has 0 aliphatic heterocycles. The predicted molar refractivity (Wildman–Crippen MR) is 94.7 cm³/mol. The highest BCUT2D eigenvalue weighted by molar-refractivity contribution is 4.86. The highest BCUT2D eigenvalue weighted by Gasteiger charge is 2.30. The quantitative estimate of drug-likeness (QED) is 0.374. The van der Waals surface area contributed by atoms with E-state index in [9.17, 15) is 5.11 Å². The average Bonchev–Trinajstić information content (AvgIpc) is 2.56. The Labute approximate surface area is 137 Å². The maximum absolute atomic E-state index is 9.61. The van der Waals surface area contributed by atoms with Crippen molar-refractivity contribution in [3.63, 3.8) is 0 Å². The molecule has 2 heteroatoms. The molecule has 22 heavy (non-hydrogen) atoms. The second-order valence-corrected chi connectivity index (χ2v) is 7.74. The van der Waals surface area contributed by atoms with Crippen LogP contribution < -0.4 is 5.32 Å². The molecule has 2 fully saturated rings. The van der Waals surface area contributed by atoms with Gasteiger partial charge in [0.05, 0.1) is 0 Å². The molecule has 2 aliphatic rings. The predicted octanol–water partition coefficient (Wildman–Crippen LogP) is 5.03. The van der Waals surface area contributed by atoms with Crippen LogP contribution in [0, 0.1) is 17.8 Å². The molecule has 2 rings (SSSR count). The van der Waals surface area contributed by atoms with Gasteiger partial charge in [-0.15, -0.1) is 0 Å². The minimum atomic E-state index is -0.528. The first-order chi connectivity index (χ1) is 10.7. The summed E-state index contributed by atoms with van der Waals surface area (Å²) in [5, 5.41) is 12.9. The molecule has 1 unspecified atom stereocenters. The van der Waals surface area contributed by atoms with Crippen molar-refractivity contribution in [3.05, 3.63) is 12.7 Å². The topological polar surface area (TPSA) is 32.3 Å². The first-order valence-electron chi connectivity index (χ1n) is 9.79. The van der Waals surface area contributed by atoms with Crippen molar-refractivity contribution in [1.29, 1.82) is 0 Å². The van der Waals surface area contributed by atoms with Crippen LogP contribution in [0.3, 0.4) is 0 Å². The fraction of sp³-hybridized carbons (Fsp3) is 0.900. The highest BCUT2D eigenvalue weighted by Crippen LogP contribution is 2.41. The fourth-order valence-corrected chi connectivity index (χ4v) is 4.70. The number of aliphatic hydroxyl groups is 1. The summed E-state index contributed by atoms with van der Waals surface area (Å²) >= 11 is 0. The Morgan fingerprint density at radius 1 is 1.00 bits per heavy atom. The van der Waals surface area contributed by atoms with E-state index in [-0.39, 0.29) is 0 Å². The third-order valence-electron chi connectivity index (χ3n) is 6.18. The molecule has 0 bridgehead atoms. The molecule has 128 valence electrons. The molecule has 0 aromatic heterocycles. The van der Waals surface area contributed by atoms with Crippen molar-refractivity contribution in [3.8, 4) is 0 Å². The second kappa shape index (κ2) is 9.72. The summed E-state index contributed by atoms with van der Waals surface area (Å²) in [6, 6.07) is 0.495. The molecule has 0 aromatic carbocycles. The molecule has 0 aromatic rings. The lowest BCUT2D eigenvalue weighted by atomic mass is 9.69. The van der Waals surface area contributed by atoms with Crippen molar-refractivity contribution in [2.24, 2.45) is 17.8 Å². The smallest absolute Gasteiger partial charge is 0.124 e. The summed E-state index contributed by atoms with van der Waals surface area (Å²) < 4.78 is 0. The average molecular weight is 308 g/mol. The fourth-order valence-electron chi connectivity index (χ4n) is 4.70. The first kappa shape index (κ1) is 18.0. The van der Waals surface area contributed by atoms with Gasteiger partial charge in [0.1, 0.15) is 6.23 Å². The molecule has 2 saturated carbocycles. The van der Waals surface area contributed by atoms with E-state index < -0.39 is 6.23 Å². The lowest BCUT2D eigenvalue weighted by Crippen LogP contribution is -2.40. The van der Waals surface area contributed by atoms with E-state index in [1.54, 1.807) is 6.08 Å². The molecule has 0 saturated heterocycles. The number of aliphatic hydroxyl groups excluding tert-OH is 1. The van der Waals surface area contributed by atoms with Gasteiger partial charge in [0.15, 0.2) is 0 Å². The SMILES string of the molecule is C=CC(O)NC1CCC(C2CCC(CCCCC)CC2)CC1. The summed E-state index contributed by atoms with van der Waals surface area (Å²) in [5.74, 6) is 2.98. The van der Waals surface area contributed by atoms with Gasteiger partial charge < -0.3 is 5.11 Å². The van der Waals surface area contributed by atoms with E-state index in [1.165, 1.54) is 77.0 Å². The number of unbranched alkanes of at least 4 members (excludes halogenated alkanes) is 2. The van der Waals surface area contributed by atoms with Crippen molar-refractivity contribution in [1.82, 2.24) is 5.32 Å². The molecular formula is C20H37NO. The van der Waals surface area contributed by atoms with Gasteiger partial charge in [-0.3, -0.25) is 5.32 Å². The van der Waals surface area contributed by atoms with Crippen molar-refractivity contribution in [2.45, 2.75) is 96.2 Å². The Kier molecular flexibility index (Phi) is 7.96. The van der Waals surface area contributed by atoms with Crippen molar-refractivity contribution in [2.75, 3.05) is 0 Å². The van der Waals surface area contributed by atoms with Crippen LogP contribution in [0.15, 0.2) is 12.7 Å². The Hall–Kier alpha value is -0.340. The summed E-state index contributed by atoms with van der Waals surface area (Å²) in [6.45, 7) is 5.94. The van der Waals surface area contributed by atoms with Gasteiger partial charge in [-0.05, 0) is 62.4 Å². The Morgan fingerprint density at radius 2 is 1.59 bits per heavy atom. The largest absolute Gasteiger partial charge is 0.375 e. The van der Waals surface area contributed by atoms with Crippen LogP contribution in [0.25, 0.3) is 0 Å². The van der Waals surface area contributed by atoms with Gasteiger partial charge in [0, 0.05) is 6.04 Å². The second-order valence-electron chi connectivity index (χ2n) is 7.74. The maximum atomic E-state index is 9.61. The molecule has 0 amide bonds. The number of hydrogen-bond donors (Lipinski definition) is 2. The van der Waals surface area contributed by atoms with Crippen LogP contribution >= 0.6 is 0 Å². The van der Waals surface area contributed by atoms with Crippen LogP contribution in [-0.4, -0.2) is 17.4 Å². The Bertz CT molecular complexity index is 301. The van der Waals surface area contributed by atoms with Gasteiger partial charge in [-0.2, -0.15) is 0 Å². The first-order valence-corrected chi connectivity index (χ1v) is 9.79. The molecule has 2 aliphatic carbocycles. The van der Waals surface area contributed by atoms with E-state index in [0.717, 1.165) is 17.8 Å². The van der Waals surface area contributed by atoms with E-state index in [2.05, 4.69) is 18.8 Å². The maximum Gasteiger partial charge on any atom is 0.124 e. The zero-order valence-corrected chi connectivity index (χ0v) is 14.6. The van der Waals surface area contributed by atoms with E-state index in [4.69, 9.17) is 0 Å². The third kappa shape index (κ3) is 5.70.